The molecule has 3 N–H and O–H groups in total. The molecule has 0 aliphatic heterocycles. The number of carbonyl (C=O) groups excluding carboxylic acids is 1. The van der Waals surface area contributed by atoms with Gasteiger partial charge in [0, 0.05) is 49.9 Å². The summed E-state index contributed by atoms with van der Waals surface area (Å²) in [4.78, 5) is 13.4. The zero-order chi connectivity index (χ0) is 21.1. The highest BCUT2D eigenvalue weighted by molar-refractivity contribution is 5.94. The molecule has 2 atom stereocenters. The molecule has 0 spiro atoms. The van der Waals surface area contributed by atoms with Crippen molar-refractivity contribution < 1.29 is 18.0 Å². The molecule has 1 aliphatic carbocycles. The molecule has 0 heterocycles. The number of hydrogen-bond donors (Lipinski definition) is 2. The number of benzene rings is 2. The summed E-state index contributed by atoms with van der Waals surface area (Å²) in [6, 6.07) is 8.27. The van der Waals surface area contributed by atoms with E-state index < -0.39 is 29.4 Å². The minimum Gasteiger partial charge on any atom is -0.381 e. The van der Waals surface area contributed by atoms with Crippen LogP contribution in [-0.4, -0.2) is 37.5 Å². The van der Waals surface area contributed by atoms with Crippen LogP contribution in [0.3, 0.4) is 0 Å². The maximum absolute atomic E-state index is 14.1. The van der Waals surface area contributed by atoms with Crippen LogP contribution in [0.15, 0.2) is 48.0 Å². The lowest BCUT2D eigenvalue weighted by molar-refractivity contribution is 0.0827. The number of carbonyl (C=O) groups is 1. The van der Waals surface area contributed by atoms with Crippen molar-refractivity contribution in [1.82, 2.24) is 4.90 Å². The number of allylic oxidation sites excluding steroid dienone is 1. The van der Waals surface area contributed by atoms with Gasteiger partial charge in [-0.05, 0) is 48.7 Å². The molecule has 154 valence electrons. The molecule has 2 aromatic rings. The van der Waals surface area contributed by atoms with Gasteiger partial charge in [0.25, 0.3) is 5.91 Å². The average molecular weight is 403 g/mol. The second kappa shape index (κ2) is 8.69. The highest BCUT2D eigenvalue weighted by Gasteiger charge is 2.27. The maximum Gasteiger partial charge on any atom is 0.253 e. The Morgan fingerprint density at radius 3 is 2.38 bits per heavy atom. The predicted octanol–water partition coefficient (Wildman–Crippen LogP) is 4.05. The molecule has 29 heavy (non-hydrogen) atoms. The molecule has 2 unspecified atom stereocenters. The monoisotopic (exact) mass is 403 g/mol. The molecule has 4 nitrogen and oxygen atoms in total. The van der Waals surface area contributed by atoms with Gasteiger partial charge in [-0.1, -0.05) is 11.6 Å². The minimum absolute atomic E-state index is 0.0620. The molecule has 0 saturated heterocycles. The normalized spacial score (nSPS) is 18.9. The molecule has 0 radical (unpaired) electrons. The van der Waals surface area contributed by atoms with Crippen LogP contribution in [0.1, 0.15) is 34.7 Å². The topological polar surface area (TPSA) is 58.4 Å². The van der Waals surface area contributed by atoms with E-state index in [1.165, 1.54) is 4.90 Å². The lowest BCUT2D eigenvalue weighted by Crippen LogP contribution is -2.33. The molecule has 0 fully saturated rings. The first-order chi connectivity index (χ1) is 13.8. The molecule has 3 rings (SSSR count). The summed E-state index contributed by atoms with van der Waals surface area (Å²) >= 11 is 0. The van der Waals surface area contributed by atoms with Crippen LogP contribution >= 0.6 is 0 Å². The largest absolute Gasteiger partial charge is 0.381 e. The van der Waals surface area contributed by atoms with Crippen molar-refractivity contribution in [1.29, 1.82) is 0 Å². The van der Waals surface area contributed by atoms with Crippen LogP contribution in [0.4, 0.5) is 18.9 Å². The summed E-state index contributed by atoms with van der Waals surface area (Å²) in [7, 11) is 3.40. The number of nitrogens with two attached hydrogens (primary N) is 1. The zero-order valence-corrected chi connectivity index (χ0v) is 16.4. The predicted molar refractivity (Wildman–Crippen MR) is 107 cm³/mol. The molecular formula is C22H24F3N3O. The Bertz CT molecular complexity index is 926. The van der Waals surface area contributed by atoms with Gasteiger partial charge < -0.3 is 16.0 Å². The van der Waals surface area contributed by atoms with E-state index in [2.05, 4.69) is 5.32 Å². The molecule has 0 saturated carbocycles. The fourth-order valence-electron chi connectivity index (χ4n) is 3.53. The van der Waals surface area contributed by atoms with E-state index in [1.807, 2.05) is 18.2 Å². The fourth-order valence-corrected chi connectivity index (χ4v) is 3.53. The van der Waals surface area contributed by atoms with Crippen molar-refractivity contribution in [3.05, 3.63) is 76.6 Å². The summed E-state index contributed by atoms with van der Waals surface area (Å²) in [5.41, 5.74) is 8.86. The number of anilines is 1. The van der Waals surface area contributed by atoms with E-state index in [1.54, 1.807) is 26.2 Å². The van der Waals surface area contributed by atoms with E-state index in [0.717, 1.165) is 17.3 Å². The Morgan fingerprint density at radius 2 is 1.76 bits per heavy atom. The highest BCUT2D eigenvalue weighted by Crippen LogP contribution is 2.33. The average Bonchev–Trinajstić information content (AvgIpc) is 2.69. The third-order valence-corrected chi connectivity index (χ3v) is 5.17. The van der Waals surface area contributed by atoms with Crippen LogP contribution < -0.4 is 11.1 Å². The van der Waals surface area contributed by atoms with Gasteiger partial charge in [-0.15, -0.1) is 0 Å². The van der Waals surface area contributed by atoms with E-state index in [9.17, 15) is 18.0 Å². The summed E-state index contributed by atoms with van der Waals surface area (Å²) < 4.78 is 40.8. The molecule has 2 aromatic carbocycles. The standard InChI is InChI=1S/C22H24F3N3O/c1-28(2)22(29)14-4-6-15(7-5-14)27-12-13-3-8-16(21(26)9-13)17-10-19(24)20(25)11-18(17)23/h3-7,10-11,16,21,27H,8-9,12,26H2,1-2H3. The molecular weight excluding hydrogens is 379 g/mol. The van der Waals surface area contributed by atoms with Crippen LogP contribution in [0, 0.1) is 17.5 Å². The fraction of sp³-hybridized carbons (Fsp3) is 0.318. The van der Waals surface area contributed by atoms with Crippen LogP contribution in [0.2, 0.25) is 0 Å². The summed E-state index contributed by atoms with van der Waals surface area (Å²) in [5.74, 6) is -3.50. The van der Waals surface area contributed by atoms with E-state index in [0.29, 0.717) is 31.0 Å². The van der Waals surface area contributed by atoms with Gasteiger partial charge in [-0.25, -0.2) is 13.2 Å². The van der Waals surface area contributed by atoms with Gasteiger partial charge >= 0.3 is 0 Å². The molecule has 1 aliphatic rings. The Balaban J connectivity index is 1.63. The van der Waals surface area contributed by atoms with Gasteiger partial charge in [0.1, 0.15) is 5.82 Å². The van der Waals surface area contributed by atoms with Crippen molar-refractivity contribution in [2.24, 2.45) is 5.73 Å². The van der Waals surface area contributed by atoms with E-state index in [-0.39, 0.29) is 11.5 Å². The first-order valence-electron chi connectivity index (χ1n) is 9.39. The number of hydrogen-bond acceptors (Lipinski definition) is 3. The first-order valence-corrected chi connectivity index (χ1v) is 9.39. The summed E-state index contributed by atoms with van der Waals surface area (Å²) in [5, 5.41) is 3.28. The van der Waals surface area contributed by atoms with Crippen molar-refractivity contribution in [2.45, 2.75) is 24.8 Å². The zero-order valence-electron chi connectivity index (χ0n) is 16.4. The number of halogens is 3. The van der Waals surface area contributed by atoms with E-state index in [4.69, 9.17) is 5.73 Å². The van der Waals surface area contributed by atoms with Crippen LogP contribution in [0.5, 0.6) is 0 Å². The lowest BCUT2D eigenvalue weighted by Gasteiger charge is -2.29. The van der Waals surface area contributed by atoms with Gasteiger partial charge in [0.05, 0.1) is 0 Å². The summed E-state index contributed by atoms with van der Waals surface area (Å²) in [6.45, 7) is 0.557. The van der Waals surface area contributed by atoms with Crippen molar-refractivity contribution in [3.63, 3.8) is 0 Å². The van der Waals surface area contributed by atoms with E-state index >= 15 is 0 Å². The second-order valence-electron chi connectivity index (χ2n) is 7.49. The van der Waals surface area contributed by atoms with Gasteiger partial charge in [0.2, 0.25) is 0 Å². The molecule has 0 aromatic heterocycles. The lowest BCUT2D eigenvalue weighted by atomic mass is 9.80. The molecule has 7 heteroatoms. The maximum atomic E-state index is 14.1. The smallest absolute Gasteiger partial charge is 0.253 e. The Hall–Kier alpha value is -2.80. The van der Waals surface area contributed by atoms with Crippen molar-refractivity contribution in [3.8, 4) is 0 Å². The second-order valence-corrected chi connectivity index (χ2v) is 7.49. The number of nitrogens with zero attached hydrogens (tertiary/aromatic N) is 1. The Kier molecular flexibility index (Phi) is 6.27. The quantitative estimate of drug-likeness (QED) is 0.585. The Labute approximate surface area is 168 Å². The van der Waals surface area contributed by atoms with Gasteiger partial charge in [-0.3, -0.25) is 4.79 Å². The SMILES string of the molecule is CN(C)C(=O)c1ccc(NCC2=CCC(c3cc(F)c(F)cc3F)C(N)C2)cc1. The summed E-state index contributed by atoms with van der Waals surface area (Å²) in [6.07, 6.45) is 2.94. The van der Waals surface area contributed by atoms with Crippen molar-refractivity contribution in [2.75, 3.05) is 26.0 Å². The third-order valence-electron chi connectivity index (χ3n) is 5.17. The van der Waals surface area contributed by atoms with Crippen LogP contribution in [0.25, 0.3) is 0 Å². The number of rotatable bonds is 5. The van der Waals surface area contributed by atoms with Gasteiger partial charge in [0.15, 0.2) is 11.6 Å². The molecule has 0 bridgehead atoms. The highest BCUT2D eigenvalue weighted by atomic mass is 19.2. The molecule has 1 amide bonds. The van der Waals surface area contributed by atoms with Gasteiger partial charge in [-0.2, -0.15) is 0 Å². The minimum atomic E-state index is -1.20. The number of amides is 1. The number of nitrogens with one attached hydrogen (secondary N) is 1. The first kappa shape index (κ1) is 20.9. The Morgan fingerprint density at radius 1 is 1.10 bits per heavy atom. The van der Waals surface area contributed by atoms with Crippen molar-refractivity contribution >= 4 is 11.6 Å². The third kappa shape index (κ3) is 4.79. The van der Waals surface area contributed by atoms with Crippen LogP contribution in [-0.2, 0) is 0 Å².